The van der Waals surface area contributed by atoms with Crippen LogP contribution in [0, 0.1) is 0 Å². The molecule has 0 atom stereocenters. The number of ether oxygens (including phenoxy) is 1. The molecule has 3 aromatic rings. The molecule has 0 aliphatic heterocycles. The summed E-state index contributed by atoms with van der Waals surface area (Å²) in [6.07, 6.45) is 0.514. The normalized spacial score (nSPS) is 11.4. The van der Waals surface area contributed by atoms with Crippen molar-refractivity contribution in [1.29, 1.82) is 0 Å². The van der Waals surface area contributed by atoms with Crippen LogP contribution in [0.3, 0.4) is 0 Å². The molecule has 136 valence electrons. The maximum Gasteiger partial charge on any atom is 0.276 e. The third-order valence-electron chi connectivity index (χ3n) is 3.64. The topological polar surface area (TPSA) is 82.3 Å². The second-order valence-corrected chi connectivity index (χ2v) is 8.62. The lowest BCUT2D eigenvalue weighted by Crippen LogP contribution is -2.08. The number of rotatable bonds is 8. The maximum absolute atomic E-state index is 12.2. The van der Waals surface area contributed by atoms with Gasteiger partial charge in [-0.3, -0.25) is 0 Å². The third kappa shape index (κ3) is 4.86. The van der Waals surface area contributed by atoms with Crippen molar-refractivity contribution in [3.05, 3.63) is 66.1 Å². The zero-order chi connectivity index (χ0) is 18.4. The van der Waals surface area contributed by atoms with Crippen molar-refractivity contribution >= 4 is 21.6 Å². The van der Waals surface area contributed by atoms with Crippen LogP contribution in [0.4, 0.5) is 0 Å². The first-order valence-corrected chi connectivity index (χ1v) is 10.6. The summed E-state index contributed by atoms with van der Waals surface area (Å²) in [4.78, 5) is 0.325. The minimum Gasteiger partial charge on any atom is -0.497 e. The quantitative estimate of drug-likeness (QED) is 0.546. The minimum atomic E-state index is -3.30. The molecule has 0 fully saturated rings. The molecule has 1 aromatic heterocycles. The molecule has 2 aromatic carbocycles. The molecule has 26 heavy (non-hydrogen) atoms. The predicted molar refractivity (Wildman–Crippen MR) is 99.3 cm³/mol. The Hall–Kier alpha value is -2.32. The highest BCUT2D eigenvalue weighted by molar-refractivity contribution is 8.00. The van der Waals surface area contributed by atoms with Crippen molar-refractivity contribution in [1.82, 2.24) is 10.2 Å². The number of hydrogen-bond donors (Lipinski definition) is 0. The summed E-state index contributed by atoms with van der Waals surface area (Å²) < 4.78 is 35.2. The first kappa shape index (κ1) is 18.5. The first-order valence-electron chi connectivity index (χ1n) is 7.93. The molecule has 8 heteroatoms. The summed E-state index contributed by atoms with van der Waals surface area (Å²) in [7, 11) is -1.68. The Morgan fingerprint density at radius 1 is 1.04 bits per heavy atom. The highest BCUT2D eigenvalue weighted by Crippen LogP contribution is 2.20. The smallest absolute Gasteiger partial charge is 0.276 e. The average Bonchev–Trinajstić information content (AvgIpc) is 3.10. The molecule has 0 spiro atoms. The molecule has 0 N–H and O–H groups in total. The van der Waals surface area contributed by atoms with Gasteiger partial charge < -0.3 is 9.15 Å². The molecule has 0 amide bonds. The van der Waals surface area contributed by atoms with Crippen LogP contribution in [0.15, 0.2) is 69.1 Å². The lowest BCUT2D eigenvalue weighted by molar-refractivity contribution is 0.413. The van der Waals surface area contributed by atoms with Gasteiger partial charge in [-0.05, 0) is 29.8 Å². The van der Waals surface area contributed by atoms with Crippen LogP contribution < -0.4 is 4.74 Å². The molecule has 3 rings (SSSR count). The van der Waals surface area contributed by atoms with Gasteiger partial charge in [0.25, 0.3) is 5.22 Å². The fraction of sp³-hybridized carbons (Fsp3) is 0.222. The molecule has 0 bridgehead atoms. The van der Waals surface area contributed by atoms with E-state index in [1.807, 2.05) is 24.3 Å². The average molecular weight is 390 g/mol. The Kier molecular flexibility index (Phi) is 5.95. The fourth-order valence-electron chi connectivity index (χ4n) is 2.27. The van der Waals surface area contributed by atoms with Gasteiger partial charge in [-0.2, -0.15) is 0 Å². The Morgan fingerprint density at radius 2 is 1.77 bits per heavy atom. The van der Waals surface area contributed by atoms with Gasteiger partial charge >= 0.3 is 0 Å². The molecule has 6 nitrogen and oxygen atoms in total. The van der Waals surface area contributed by atoms with Crippen molar-refractivity contribution in [3.63, 3.8) is 0 Å². The van der Waals surface area contributed by atoms with Crippen LogP contribution in [-0.2, 0) is 16.3 Å². The van der Waals surface area contributed by atoms with Crippen LogP contribution in [0.1, 0.15) is 11.5 Å². The highest BCUT2D eigenvalue weighted by atomic mass is 32.2. The van der Waals surface area contributed by atoms with Gasteiger partial charge in [0.05, 0.1) is 24.2 Å². The maximum atomic E-state index is 12.2. The van der Waals surface area contributed by atoms with E-state index in [-0.39, 0.29) is 5.75 Å². The van der Waals surface area contributed by atoms with E-state index in [9.17, 15) is 8.42 Å². The van der Waals surface area contributed by atoms with Gasteiger partial charge in [-0.15, -0.1) is 10.2 Å². The third-order valence-corrected chi connectivity index (χ3v) is 6.45. The van der Waals surface area contributed by atoms with Crippen molar-refractivity contribution in [2.24, 2.45) is 0 Å². The summed E-state index contributed by atoms with van der Waals surface area (Å²) in [6.45, 7) is 0. The van der Waals surface area contributed by atoms with Crippen molar-refractivity contribution in [3.8, 4) is 5.75 Å². The number of benzene rings is 2. The number of aromatic nitrogens is 2. The van der Waals surface area contributed by atoms with Crippen molar-refractivity contribution < 1.29 is 17.6 Å². The van der Waals surface area contributed by atoms with E-state index in [1.165, 1.54) is 11.8 Å². The summed E-state index contributed by atoms with van der Waals surface area (Å²) in [5.74, 6) is 1.64. The lowest BCUT2D eigenvalue weighted by atomic mass is 10.1. The number of methoxy groups -OCH3 is 1. The Morgan fingerprint density at radius 3 is 2.46 bits per heavy atom. The zero-order valence-electron chi connectivity index (χ0n) is 14.2. The van der Waals surface area contributed by atoms with Gasteiger partial charge in [-0.25, -0.2) is 8.42 Å². The Bertz CT molecular complexity index is 939. The highest BCUT2D eigenvalue weighted by Gasteiger charge is 2.15. The monoisotopic (exact) mass is 390 g/mol. The standard InChI is InChI=1S/C18H18N2O4S2/c1-23-15-9-7-14(8-10-15)13-17-19-20-18(24-17)25-11-12-26(21,22)16-5-3-2-4-6-16/h2-10H,11-13H2,1H3. The molecule has 0 saturated heterocycles. The summed E-state index contributed by atoms with van der Waals surface area (Å²) in [5.41, 5.74) is 1.03. The van der Waals surface area contributed by atoms with E-state index in [0.29, 0.717) is 28.2 Å². The van der Waals surface area contributed by atoms with Crippen LogP contribution in [0.5, 0.6) is 5.75 Å². The van der Waals surface area contributed by atoms with E-state index in [1.54, 1.807) is 37.4 Å². The molecule has 0 aliphatic rings. The fourth-order valence-corrected chi connectivity index (χ4v) is 4.72. The molecule has 0 saturated carbocycles. The molecule has 0 aliphatic carbocycles. The molecule has 0 radical (unpaired) electrons. The first-order chi connectivity index (χ1) is 12.6. The van der Waals surface area contributed by atoms with Crippen LogP contribution in [-0.4, -0.2) is 37.2 Å². The van der Waals surface area contributed by atoms with Gasteiger partial charge in [0.2, 0.25) is 5.89 Å². The summed E-state index contributed by atoms with van der Waals surface area (Å²) in [6, 6.07) is 16.0. The van der Waals surface area contributed by atoms with Crippen molar-refractivity contribution in [2.75, 3.05) is 18.6 Å². The predicted octanol–water partition coefficient (Wildman–Crippen LogP) is 3.24. The van der Waals surface area contributed by atoms with Gasteiger partial charge in [-0.1, -0.05) is 42.1 Å². The molecular weight excluding hydrogens is 372 g/mol. The van der Waals surface area contributed by atoms with E-state index >= 15 is 0 Å². The molecular formula is C18H18N2O4S2. The second-order valence-electron chi connectivity index (χ2n) is 5.47. The lowest BCUT2D eigenvalue weighted by Gasteiger charge is -2.02. The number of thioether (sulfide) groups is 1. The number of hydrogen-bond acceptors (Lipinski definition) is 7. The summed E-state index contributed by atoms with van der Waals surface area (Å²) >= 11 is 1.24. The Balaban J connectivity index is 1.53. The Labute approximate surface area is 156 Å². The van der Waals surface area contributed by atoms with Crippen molar-refractivity contribution in [2.45, 2.75) is 16.5 Å². The summed E-state index contributed by atoms with van der Waals surface area (Å²) in [5, 5.41) is 8.35. The van der Waals surface area contributed by atoms with Crippen LogP contribution in [0.25, 0.3) is 0 Å². The number of sulfone groups is 1. The largest absolute Gasteiger partial charge is 0.497 e. The van der Waals surface area contributed by atoms with E-state index in [2.05, 4.69) is 10.2 Å². The van der Waals surface area contributed by atoms with E-state index < -0.39 is 9.84 Å². The van der Waals surface area contributed by atoms with Gasteiger partial charge in [0.15, 0.2) is 9.84 Å². The molecule has 1 heterocycles. The van der Waals surface area contributed by atoms with Crippen LogP contribution in [0.2, 0.25) is 0 Å². The zero-order valence-corrected chi connectivity index (χ0v) is 15.8. The number of nitrogens with zero attached hydrogens (tertiary/aromatic N) is 2. The van der Waals surface area contributed by atoms with Crippen LogP contribution >= 0.6 is 11.8 Å². The van der Waals surface area contributed by atoms with E-state index in [0.717, 1.165) is 11.3 Å². The second kappa shape index (κ2) is 8.37. The minimum absolute atomic E-state index is 0.0118. The van der Waals surface area contributed by atoms with Gasteiger partial charge in [0.1, 0.15) is 5.75 Å². The molecule has 0 unspecified atom stereocenters. The SMILES string of the molecule is COc1ccc(Cc2nnc(SCCS(=O)(=O)c3ccccc3)o2)cc1. The van der Waals surface area contributed by atoms with E-state index in [4.69, 9.17) is 9.15 Å². The van der Waals surface area contributed by atoms with Gasteiger partial charge in [0, 0.05) is 5.75 Å².